The zero-order valence-corrected chi connectivity index (χ0v) is 16.2. The van der Waals surface area contributed by atoms with Crippen molar-refractivity contribution in [3.05, 3.63) is 83.4 Å². The Morgan fingerprint density at radius 2 is 1.75 bits per heavy atom. The van der Waals surface area contributed by atoms with E-state index in [9.17, 15) is 4.79 Å². The molecule has 1 aliphatic heterocycles. The highest BCUT2D eigenvalue weighted by molar-refractivity contribution is 6.31. The highest BCUT2D eigenvalue weighted by atomic mass is 35.5. The first-order chi connectivity index (χ1) is 13.7. The summed E-state index contributed by atoms with van der Waals surface area (Å²) in [6, 6.07) is 23.6. The molecular formula is C23H21ClN2O2. The molecular weight excluding hydrogens is 372 g/mol. The van der Waals surface area contributed by atoms with E-state index in [1.54, 1.807) is 4.90 Å². The molecule has 0 spiro atoms. The van der Waals surface area contributed by atoms with Gasteiger partial charge in [-0.2, -0.15) is 0 Å². The summed E-state index contributed by atoms with van der Waals surface area (Å²) >= 11 is 6.27. The molecule has 4 nitrogen and oxygen atoms in total. The van der Waals surface area contributed by atoms with Crippen LogP contribution in [0.25, 0.3) is 11.1 Å². The van der Waals surface area contributed by atoms with Crippen LogP contribution in [0.1, 0.15) is 5.56 Å². The van der Waals surface area contributed by atoms with E-state index in [0.29, 0.717) is 24.7 Å². The Morgan fingerprint density at radius 3 is 2.57 bits per heavy atom. The van der Waals surface area contributed by atoms with Crippen LogP contribution in [0.3, 0.4) is 0 Å². The lowest BCUT2D eigenvalue weighted by molar-refractivity contribution is -0.118. The first kappa shape index (κ1) is 18.5. The Labute approximate surface area is 169 Å². The summed E-state index contributed by atoms with van der Waals surface area (Å²) in [6.45, 7) is 2.18. The number of nitrogens with zero attached hydrogens (tertiary/aromatic N) is 1. The highest BCUT2D eigenvalue weighted by Gasteiger charge is 2.23. The van der Waals surface area contributed by atoms with Crippen LogP contribution in [-0.4, -0.2) is 25.5 Å². The number of amides is 1. The summed E-state index contributed by atoms with van der Waals surface area (Å²) in [5.74, 6) is 0.815. The molecule has 0 saturated carbocycles. The Morgan fingerprint density at radius 1 is 0.964 bits per heavy atom. The largest absolute Gasteiger partial charge is 0.488 e. The average molecular weight is 393 g/mol. The Balaban J connectivity index is 1.70. The van der Waals surface area contributed by atoms with Crippen molar-refractivity contribution in [1.82, 2.24) is 5.32 Å². The zero-order chi connectivity index (χ0) is 19.3. The van der Waals surface area contributed by atoms with E-state index in [1.807, 2.05) is 72.8 Å². The van der Waals surface area contributed by atoms with E-state index in [1.165, 1.54) is 0 Å². The van der Waals surface area contributed by atoms with Gasteiger partial charge in [0.2, 0.25) is 5.91 Å². The highest BCUT2D eigenvalue weighted by Crippen LogP contribution is 2.38. The third-order valence-corrected chi connectivity index (χ3v) is 4.99. The molecule has 3 aromatic rings. The first-order valence-corrected chi connectivity index (χ1v) is 9.67. The van der Waals surface area contributed by atoms with Gasteiger partial charge in [0.1, 0.15) is 12.4 Å². The minimum absolute atomic E-state index is 0.0393. The van der Waals surface area contributed by atoms with Crippen molar-refractivity contribution in [2.75, 3.05) is 24.5 Å². The predicted molar refractivity (Wildman–Crippen MR) is 113 cm³/mol. The van der Waals surface area contributed by atoms with Gasteiger partial charge in [-0.1, -0.05) is 66.2 Å². The molecule has 1 fully saturated rings. The van der Waals surface area contributed by atoms with Crippen LogP contribution in [0.15, 0.2) is 72.8 Å². The van der Waals surface area contributed by atoms with Gasteiger partial charge in [-0.3, -0.25) is 4.79 Å². The number of benzene rings is 3. The van der Waals surface area contributed by atoms with E-state index in [4.69, 9.17) is 16.3 Å². The number of piperazine rings is 1. The van der Waals surface area contributed by atoms with Crippen molar-refractivity contribution in [1.29, 1.82) is 0 Å². The number of anilines is 1. The maximum absolute atomic E-state index is 12.5. The molecule has 0 unspecified atom stereocenters. The summed E-state index contributed by atoms with van der Waals surface area (Å²) in [5.41, 5.74) is 3.79. The van der Waals surface area contributed by atoms with E-state index >= 15 is 0 Å². The van der Waals surface area contributed by atoms with Crippen molar-refractivity contribution in [3.8, 4) is 16.9 Å². The molecule has 0 aromatic heterocycles. The summed E-state index contributed by atoms with van der Waals surface area (Å²) in [5, 5.41) is 3.71. The van der Waals surface area contributed by atoms with E-state index in [-0.39, 0.29) is 5.91 Å². The van der Waals surface area contributed by atoms with Gasteiger partial charge in [-0.15, -0.1) is 0 Å². The van der Waals surface area contributed by atoms with Gasteiger partial charge in [-0.05, 0) is 23.8 Å². The van der Waals surface area contributed by atoms with E-state index < -0.39 is 0 Å². The molecule has 0 radical (unpaired) electrons. The number of rotatable bonds is 5. The van der Waals surface area contributed by atoms with Crippen LogP contribution in [-0.2, 0) is 11.4 Å². The van der Waals surface area contributed by atoms with Crippen LogP contribution in [0, 0.1) is 0 Å². The van der Waals surface area contributed by atoms with Crippen LogP contribution in [0.5, 0.6) is 5.75 Å². The summed E-state index contributed by atoms with van der Waals surface area (Å²) in [7, 11) is 0. The van der Waals surface area contributed by atoms with Gasteiger partial charge in [-0.25, -0.2) is 0 Å². The quantitative estimate of drug-likeness (QED) is 0.694. The van der Waals surface area contributed by atoms with Crippen LogP contribution in [0.2, 0.25) is 5.02 Å². The van der Waals surface area contributed by atoms with Crippen molar-refractivity contribution < 1.29 is 9.53 Å². The molecule has 5 heteroatoms. The number of nitrogens with one attached hydrogen (secondary N) is 1. The Hall–Kier alpha value is -2.82. The van der Waals surface area contributed by atoms with Gasteiger partial charge in [0.05, 0.1) is 12.2 Å². The summed E-state index contributed by atoms with van der Waals surface area (Å²) in [6.07, 6.45) is 0. The molecule has 142 valence electrons. The second-order valence-electron chi connectivity index (χ2n) is 6.65. The Bertz CT molecular complexity index is 975. The van der Waals surface area contributed by atoms with Crippen molar-refractivity contribution in [2.24, 2.45) is 0 Å². The molecule has 1 aliphatic rings. The maximum atomic E-state index is 12.5. The van der Waals surface area contributed by atoms with Gasteiger partial charge in [0.25, 0.3) is 0 Å². The fourth-order valence-corrected chi connectivity index (χ4v) is 3.53. The third-order valence-electron chi connectivity index (χ3n) is 4.75. The number of carbonyl (C=O) groups is 1. The fraction of sp³-hybridized carbons (Fsp3) is 0.174. The topological polar surface area (TPSA) is 41.6 Å². The van der Waals surface area contributed by atoms with Crippen molar-refractivity contribution >= 4 is 23.2 Å². The fourth-order valence-electron chi connectivity index (χ4n) is 3.37. The average Bonchev–Trinajstić information content (AvgIpc) is 2.74. The van der Waals surface area contributed by atoms with Crippen LogP contribution in [0.4, 0.5) is 5.69 Å². The number of para-hydroxylation sites is 1. The molecule has 0 atom stereocenters. The third kappa shape index (κ3) is 4.03. The minimum atomic E-state index is 0.0393. The molecule has 4 rings (SSSR count). The van der Waals surface area contributed by atoms with E-state index in [2.05, 4.69) is 5.32 Å². The van der Waals surface area contributed by atoms with Crippen LogP contribution >= 0.6 is 11.6 Å². The van der Waals surface area contributed by atoms with Crippen molar-refractivity contribution in [3.63, 3.8) is 0 Å². The van der Waals surface area contributed by atoms with Crippen molar-refractivity contribution in [2.45, 2.75) is 6.61 Å². The molecule has 1 amide bonds. The van der Waals surface area contributed by atoms with E-state index in [0.717, 1.165) is 34.7 Å². The van der Waals surface area contributed by atoms with Gasteiger partial charge >= 0.3 is 0 Å². The zero-order valence-electron chi connectivity index (χ0n) is 15.4. The number of ether oxygens (including phenoxy) is 1. The molecule has 28 heavy (non-hydrogen) atoms. The predicted octanol–water partition coefficient (Wildman–Crippen LogP) is 4.52. The summed E-state index contributed by atoms with van der Waals surface area (Å²) in [4.78, 5) is 14.3. The maximum Gasteiger partial charge on any atom is 0.241 e. The lowest BCUT2D eigenvalue weighted by Gasteiger charge is -2.29. The monoisotopic (exact) mass is 392 g/mol. The van der Waals surface area contributed by atoms with Gasteiger partial charge in [0.15, 0.2) is 0 Å². The lowest BCUT2D eigenvalue weighted by Crippen LogP contribution is -2.48. The normalized spacial score (nSPS) is 14.2. The molecule has 1 N–H and O–H groups in total. The second-order valence-corrected chi connectivity index (χ2v) is 7.09. The number of carbonyl (C=O) groups excluding carboxylic acids is 1. The molecule has 3 aromatic carbocycles. The molecule has 0 aliphatic carbocycles. The Kier molecular flexibility index (Phi) is 5.60. The lowest BCUT2D eigenvalue weighted by atomic mass is 10.0. The first-order valence-electron chi connectivity index (χ1n) is 9.29. The SMILES string of the molecule is O=C1CNCCN1c1cc(Cl)ccc1-c1ccccc1OCc1ccccc1. The molecule has 0 bridgehead atoms. The molecule has 1 heterocycles. The number of hydrogen-bond acceptors (Lipinski definition) is 3. The standard InChI is InChI=1S/C23H21ClN2O2/c24-18-10-11-19(21(14-18)26-13-12-25-15-23(26)27)20-8-4-5-9-22(20)28-16-17-6-2-1-3-7-17/h1-11,14,25H,12-13,15-16H2. The summed E-state index contributed by atoms with van der Waals surface area (Å²) < 4.78 is 6.13. The van der Waals surface area contributed by atoms with Crippen LogP contribution < -0.4 is 15.0 Å². The van der Waals surface area contributed by atoms with Gasteiger partial charge < -0.3 is 15.0 Å². The molecule has 1 saturated heterocycles. The second kappa shape index (κ2) is 8.46. The minimum Gasteiger partial charge on any atom is -0.488 e. The van der Waals surface area contributed by atoms with Gasteiger partial charge in [0, 0.05) is 29.2 Å². The number of hydrogen-bond donors (Lipinski definition) is 1. The smallest absolute Gasteiger partial charge is 0.241 e. The number of halogens is 1.